The summed E-state index contributed by atoms with van der Waals surface area (Å²) in [4.78, 5) is 26.6. The van der Waals surface area contributed by atoms with Crippen LogP contribution in [0.25, 0.3) is 17.4 Å². The van der Waals surface area contributed by atoms with Gasteiger partial charge in [-0.3, -0.25) is 14.5 Å². The van der Waals surface area contributed by atoms with Crippen molar-refractivity contribution < 1.29 is 41.4 Å². The highest BCUT2D eigenvalue weighted by atomic mass is 35.5. The highest BCUT2D eigenvalue weighted by Gasteiger charge is 2.36. The predicted molar refractivity (Wildman–Crippen MR) is 120 cm³/mol. The van der Waals surface area contributed by atoms with E-state index in [1.165, 1.54) is 18.2 Å². The number of alkyl halides is 3. The second-order valence-electron chi connectivity index (χ2n) is 7.34. The Hall–Kier alpha value is -3.57. The Morgan fingerprint density at radius 1 is 1.06 bits per heavy atom. The zero-order chi connectivity index (χ0) is 24.7. The second-order valence-corrected chi connectivity index (χ2v) is 8.74. The molecule has 0 radical (unpaired) electrons. The fourth-order valence-electron chi connectivity index (χ4n) is 3.42. The first kappa shape index (κ1) is 23.2. The molecule has 180 valence electrons. The summed E-state index contributed by atoms with van der Waals surface area (Å²) in [7, 11) is 0. The average molecular weight is 524 g/mol. The van der Waals surface area contributed by atoms with E-state index in [0.29, 0.717) is 39.2 Å². The molecule has 3 heterocycles. The number of benzene rings is 2. The molecular weight excluding hydrogens is 511 g/mol. The zero-order valence-corrected chi connectivity index (χ0v) is 19.0. The number of hydrogen-bond acceptors (Lipinski definition) is 7. The molecule has 0 aliphatic carbocycles. The van der Waals surface area contributed by atoms with Crippen molar-refractivity contribution in [1.29, 1.82) is 0 Å². The van der Waals surface area contributed by atoms with Gasteiger partial charge < -0.3 is 18.6 Å². The molecule has 0 saturated carbocycles. The Labute approximate surface area is 205 Å². The van der Waals surface area contributed by atoms with Gasteiger partial charge in [0.1, 0.15) is 17.3 Å². The first-order valence-corrected chi connectivity index (χ1v) is 11.2. The Balaban J connectivity index is 1.31. The molecule has 12 heteroatoms. The van der Waals surface area contributed by atoms with Crippen LogP contribution in [0.3, 0.4) is 0 Å². The maximum atomic E-state index is 12.9. The molecule has 0 bridgehead atoms. The van der Waals surface area contributed by atoms with Crippen LogP contribution < -0.4 is 14.2 Å². The molecule has 2 aliphatic heterocycles. The van der Waals surface area contributed by atoms with Gasteiger partial charge in [0.15, 0.2) is 11.5 Å². The summed E-state index contributed by atoms with van der Waals surface area (Å²) >= 11 is 7.02. The standard InChI is InChI=1S/C23H13ClF3NO6S/c24-16-9-19-18(31-11-32-19)7-13(16)10-28-21(29)20(35-22(28)30)8-15-5-6-17(33-15)12-1-3-14(4-2-12)34-23(25,26)27/h1-9H,10-11H2/b20-8-. The number of imide groups is 1. The van der Waals surface area contributed by atoms with Crippen LogP contribution in [0.1, 0.15) is 11.3 Å². The fraction of sp³-hybridized carbons (Fsp3) is 0.130. The molecule has 1 fully saturated rings. The van der Waals surface area contributed by atoms with E-state index in [-0.39, 0.29) is 24.0 Å². The Kier molecular flexibility index (Phi) is 5.89. The molecule has 35 heavy (non-hydrogen) atoms. The summed E-state index contributed by atoms with van der Waals surface area (Å²) in [6, 6.07) is 11.5. The van der Waals surface area contributed by atoms with Gasteiger partial charge in [-0.2, -0.15) is 0 Å². The van der Waals surface area contributed by atoms with Gasteiger partial charge in [0, 0.05) is 22.7 Å². The number of halogens is 4. The van der Waals surface area contributed by atoms with Crippen molar-refractivity contribution in [1.82, 2.24) is 4.90 Å². The van der Waals surface area contributed by atoms with Crippen molar-refractivity contribution in [2.24, 2.45) is 0 Å². The minimum Gasteiger partial charge on any atom is -0.457 e. The Bertz CT molecular complexity index is 1350. The largest absolute Gasteiger partial charge is 0.573 e. The molecule has 1 aromatic heterocycles. The van der Waals surface area contributed by atoms with Crippen molar-refractivity contribution in [3.05, 3.63) is 69.8 Å². The van der Waals surface area contributed by atoms with Crippen molar-refractivity contribution in [2.75, 3.05) is 6.79 Å². The van der Waals surface area contributed by atoms with Gasteiger partial charge in [-0.15, -0.1) is 13.2 Å². The van der Waals surface area contributed by atoms with Gasteiger partial charge in [0.25, 0.3) is 11.1 Å². The summed E-state index contributed by atoms with van der Waals surface area (Å²) in [6.07, 6.45) is -3.35. The third kappa shape index (κ3) is 4.96. The minimum absolute atomic E-state index is 0.0484. The monoisotopic (exact) mass is 523 g/mol. The zero-order valence-electron chi connectivity index (χ0n) is 17.4. The molecule has 2 amide bonds. The molecule has 0 N–H and O–H groups in total. The number of carbonyl (C=O) groups excluding carboxylic acids is 2. The van der Waals surface area contributed by atoms with Crippen LogP contribution in [0.2, 0.25) is 5.02 Å². The van der Waals surface area contributed by atoms with Gasteiger partial charge in [-0.05, 0) is 59.8 Å². The van der Waals surface area contributed by atoms with Crippen LogP contribution in [0.5, 0.6) is 17.2 Å². The molecule has 2 aromatic carbocycles. The predicted octanol–water partition coefficient (Wildman–Crippen LogP) is 6.46. The van der Waals surface area contributed by atoms with Crippen molar-refractivity contribution >= 4 is 40.6 Å². The van der Waals surface area contributed by atoms with Gasteiger partial charge in [-0.25, -0.2) is 0 Å². The Morgan fingerprint density at radius 2 is 1.77 bits per heavy atom. The second kappa shape index (κ2) is 8.90. The van der Waals surface area contributed by atoms with Crippen LogP contribution in [0, 0.1) is 0 Å². The van der Waals surface area contributed by atoms with E-state index in [1.54, 1.807) is 24.3 Å². The van der Waals surface area contributed by atoms with Crippen LogP contribution in [0.15, 0.2) is 57.9 Å². The number of ether oxygens (including phenoxy) is 3. The summed E-state index contributed by atoms with van der Waals surface area (Å²) in [6.45, 7) is 0.0171. The van der Waals surface area contributed by atoms with Crippen LogP contribution in [-0.4, -0.2) is 29.2 Å². The number of thioether (sulfide) groups is 1. The number of hydrogen-bond donors (Lipinski definition) is 0. The first-order chi connectivity index (χ1) is 16.7. The number of carbonyl (C=O) groups is 2. The van der Waals surface area contributed by atoms with E-state index in [0.717, 1.165) is 28.8 Å². The van der Waals surface area contributed by atoms with E-state index in [9.17, 15) is 22.8 Å². The van der Waals surface area contributed by atoms with Crippen molar-refractivity contribution in [3.63, 3.8) is 0 Å². The quantitative estimate of drug-likeness (QED) is 0.355. The molecule has 2 aliphatic rings. The summed E-state index contributed by atoms with van der Waals surface area (Å²) in [5, 5.41) is -0.137. The lowest BCUT2D eigenvalue weighted by molar-refractivity contribution is -0.274. The molecular formula is C23H13ClF3NO6S. The molecule has 1 saturated heterocycles. The number of furan rings is 1. The lowest BCUT2D eigenvalue weighted by Crippen LogP contribution is -2.27. The van der Waals surface area contributed by atoms with Gasteiger partial charge in [0.2, 0.25) is 6.79 Å². The van der Waals surface area contributed by atoms with Crippen LogP contribution >= 0.6 is 23.4 Å². The smallest absolute Gasteiger partial charge is 0.457 e. The highest BCUT2D eigenvalue weighted by molar-refractivity contribution is 8.18. The van der Waals surface area contributed by atoms with E-state index in [1.807, 2.05) is 0 Å². The van der Waals surface area contributed by atoms with Crippen LogP contribution in [0.4, 0.5) is 18.0 Å². The van der Waals surface area contributed by atoms with Gasteiger partial charge in [0.05, 0.1) is 11.4 Å². The first-order valence-electron chi connectivity index (χ1n) is 9.96. The molecule has 0 spiro atoms. The van der Waals surface area contributed by atoms with Crippen molar-refractivity contribution in [3.8, 4) is 28.6 Å². The molecule has 0 atom stereocenters. The normalized spacial score (nSPS) is 16.5. The highest BCUT2D eigenvalue weighted by Crippen LogP contribution is 2.39. The van der Waals surface area contributed by atoms with Crippen molar-refractivity contribution in [2.45, 2.75) is 12.9 Å². The third-order valence-corrected chi connectivity index (χ3v) is 6.28. The summed E-state index contributed by atoms with van der Waals surface area (Å²) < 4.78 is 57.1. The fourth-order valence-corrected chi connectivity index (χ4v) is 4.45. The molecule has 0 unspecified atom stereocenters. The third-order valence-electron chi connectivity index (χ3n) is 5.02. The maximum Gasteiger partial charge on any atom is 0.573 e. The number of amides is 2. The van der Waals surface area contributed by atoms with E-state index >= 15 is 0 Å². The summed E-state index contributed by atoms with van der Waals surface area (Å²) in [5.41, 5.74) is 1.03. The van der Waals surface area contributed by atoms with E-state index in [2.05, 4.69) is 4.74 Å². The Morgan fingerprint density at radius 3 is 2.49 bits per heavy atom. The lowest BCUT2D eigenvalue weighted by atomic mass is 10.2. The van der Waals surface area contributed by atoms with E-state index < -0.39 is 17.5 Å². The SMILES string of the molecule is O=C1S/C(=C\c2ccc(-c3ccc(OC(F)(F)F)cc3)o2)C(=O)N1Cc1cc2c(cc1Cl)OCO2. The average Bonchev–Trinajstić information content (AvgIpc) is 3.50. The lowest BCUT2D eigenvalue weighted by Gasteiger charge is -2.14. The number of fused-ring (bicyclic) bond motifs is 1. The maximum absolute atomic E-state index is 12.9. The van der Waals surface area contributed by atoms with E-state index in [4.69, 9.17) is 25.5 Å². The number of rotatable bonds is 5. The number of nitrogens with zero attached hydrogens (tertiary/aromatic N) is 1. The summed E-state index contributed by atoms with van der Waals surface area (Å²) in [5.74, 6) is 0.755. The van der Waals surface area contributed by atoms with Gasteiger partial charge in [-0.1, -0.05) is 11.6 Å². The van der Waals surface area contributed by atoms with Crippen LogP contribution in [-0.2, 0) is 11.3 Å². The molecule has 7 nitrogen and oxygen atoms in total. The minimum atomic E-state index is -4.78. The molecule has 3 aromatic rings. The topological polar surface area (TPSA) is 78.2 Å². The molecule has 5 rings (SSSR count). The van der Waals surface area contributed by atoms with Gasteiger partial charge >= 0.3 is 6.36 Å².